The van der Waals surface area contributed by atoms with E-state index in [0.717, 1.165) is 51.9 Å². The number of benzene rings is 1. The minimum Gasteiger partial charge on any atom is -0.371 e. The van der Waals surface area contributed by atoms with Gasteiger partial charge < -0.3 is 4.90 Å². The molecule has 3 heterocycles. The van der Waals surface area contributed by atoms with Crippen molar-refractivity contribution in [2.75, 3.05) is 18.0 Å². The highest BCUT2D eigenvalue weighted by molar-refractivity contribution is 9.11. The third kappa shape index (κ3) is 3.58. The number of aryl methyl sites for hydroxylation is 2. The van der Waals surface area contributed by atoms with Gasteiger partial charge in [0.25, 0.3) is 0 Å². The highest BCUT2D eigenvalue weighted by Crippen LogP contribution is 2.36. The largest absolute Gasteiger partial charge is 0.371 e. The van der Waals surface area contributed by atoms with Gasteiger partial charge in [-0.1, -0.05) is 15.9 Å². The van der Waals surface area contributed by atoms with Gasteiger partial charge in [0.1, 0.15) is 5.65 Å². The topological polar surface area (TPSA) is 44.9 Å². The first kappa shape index (κ1) is 19.5. The first-order valence-corrected chi connectivity index (χ1v) is 11.1. The Morgan fingerprint density at radius 2 is 1.89 bits per heavy atom. The number of anilines is 1. The Morgan fingerprint density at radius 3 is 2.57 bits per heavy atom. The lowest BCUT2D eigenvalue weighted by atomic mass is 9.93. The average molecular weight is 502 g/mol. The lowest BCUT2D eigenvalue weighted by molar-refractivity contribution is 0.413. The molecule has 0 spiro atoms. The molecule has 4 nitrogen and oxygen atoms in total. The molecule has 4 rings (SSSR count). The van der Waals surface area contributed by atoms with Crippen LogP contribution in [0, 0.1) is 31.1 Å². The van der Waals surface area contributed by atoms with Crippen molar-refractivity contribution in [2.24, 2.45) is 5.92 Å². The zero-order chi connectivity index (χ0) is 19.8. The minimum atomic E-state index is 0.532. The zero-order valence-corrected chi connectivity index (χ0v) is 19.2. The molecule has 6 heteroatoms. The molecule has 28 heavy (non-hydrogen) atoms. The fourth-order valence-electron chi connectivity index (χ4n) is 4.13. The van der Waals surface area contributed by atoms with E-state index in [-0.39, 0.29) is 0 Å². The second kappa shape index (κ2) is 7.88. The van der Waals surface area contributed by atoms with Gasteiger partial charge in [-0.25, -0.2) is 4.98 Å². The maximum atomic E-state index is 8.98. The molecule has 0 bridgehead atoms. The SMILES string of the molecule is Cc1cc(N2CCC(CC#N)CC2)c2c(C)cn(-c3ccc(Br)cc3Br)c2n1. The predicted molar refractivity (Wildman–Crippen MR) is 121 cm³/mol. The molecular formula is C22H22Br2N4. The van der Waals surface area contributed by atoms with Crippen molar-refractivity contribution in [3.63, 3.8) is 0 Å². The Labute approximate surface area is 182 Å². The van der Waals surface area contributed by atoms with Gasteiger partial charge in [0, 0.05) is 51.4 Å². The molecular weight excluding hydrogens is 480 g/mol. The number of nitriles is 1. The predicted octanol–water partition coefficient (Wildman–Crippen LogP) is 6.30. The quantitative estimate of drug-likeness (QED) is 0.423. The Kier molecular flexibility index (Phi) is 5.48. The summed E-state index contributed by atoms with van der Waals surface area (Å²) < 4.78 is 4.25. The van der Waals surface area contributed by atoms with Gasteiger partial charge in [-0.2, -0.15) is 5.26 Å². The molecule has 0 aliphatic carbocycles. The molecule has 3 aromatic rings. The van der Waals surface area contributed by atoms with Crippen molar-refractivity contribution in [3.05, 3.63) is 50.7 Å². The second-order valence-corrected chi connectivity index (χ2v) is 9.32. The number of hydrogen-bond acceptors (Lipinski definition) is 3. The molecule has 144 valence electrons. The molecule has 2 aromatic heterocycles. The number of fused-ring (bicyclic) bond motifs is 1. The van der Waals surface area contributed by atoms with Crippen LogP contribution in [0.3, 0.4) is 0 Å². The van der Waals surface area contributed by atoms with Crippen LogP contribution in [-0.2, 0) is 0 Å². The van der Waals surface area contributed by atoms with Gasteiger partial charge in [-0.3, -0.25) is 4.57 Å². The minimum absolute atomic E-state index is 0.532. The molecule has 0 atom stereocenters. The summed E-state index contributed by atoms with van der Waals surface area (Å²) >= 11 is 7.23. The van der Waals surface area contributed by atoms with E-state index in [2.05, 4.69) is 91.7 Å². The van der Waals surface area contributed by atoms with Gasteiger partial charge in [-0.05, 0) is 78.4 Å². The van der Waals surface area contributed by atoms with Crippen LogP contribution in [0.15, 0.2) is 39.4 Å². The molecule has 1 fully saturated rings. The van der Waals surface area contributed by atoms with Crippen molar-refractivity contribution in [2.45, 2.75) is 33.1 Å². The Hall–Kier alpha value is -1.84. The lowest BCUT2D eigenvalue weighted by Crippen LogP contribution is -2.33. The van der Waals surface area contributed by atoms with Crippen LogP contribution in [0.25, 0.3) is 16.7 Å². The summed E-state index contributed by atoms with van der Waals surface area (Å²) in [7, 11) is 0. The first-order valence-electron chi connectivity index (χ1n) is 9.54. The number of rotatable bonds is 3. The molecule has 1 aliphatic heterocycles. The number of piperidine rings is 1. The van der Waals surface area contributed by atoms with E-state index in [9.17, 15) is 0 Å². The summed E-state index contributed by atoms with van der Waals surface area (Å²) in [5.41, 5.74) is 5.59. The van der Waals surface area contributed by atoms with E-state index < -0.39 is 0 Å². The second-order valence-electron chi connectivity index (χ2n) is 7.55. The molecule has 0 saturated carbocycles. The fraction of sp³-hybridized carbons (Fsp3) is 0.364. The van der Waals surface area contributed by atoms with Gasteiger partial charge >= 0.3 is 0 Å². The molecule has 0 unspecified atom stereocenters. The standard InChI is InChI=1S/C22H22Br2N4/c1-14-13-28(19-4-3-17(23)12-18(19)24)22-21(14)20(11-15(2)26-22)27-9-6-16(5-8-25)7-10-27/h3-4,11-13,16H,5-7,9-10H2,1-2H3. The van der Waals surface area contributed by atoms with Crippen LogP contribution in [0.2, 0.25) is 0 Å². The van der Waals surface area contributed by atoms with Crippen molar-refractivity contribution in [3.8, 4) is 11.8 Å². The van der Waals surface area contributed by atoms with Crippen molar-refractivity contribution >= 4 is 48.6 Å². The molecule has 0 amide bonds. The molecule has 1 saturated heterocycles. The van der Waals surface area contributed by atoms with E-state index in [0.29, 0.717) is 12.3 Å². The van der Waals surface area contributed by atoms with Crippen LogP contribution >= 0.6 is 31.9 Å². The number of halogens is 2. The normalized spacial score (nSPS) is 15.2. The Morgan fingerprint density at radius 1 is 1.14 bits per heavy atom. The van der Waals surface area contributed by atoms with Crippen LogP contribution < -0.4 is 4.90 Å². The van der Waals surface area contributed by atoms with Gasteiger partial charge in [0.15, 0.2) is 0 Å². The van der Waals surface area contributed by atoms with Crippen LogP contribution in [0.5, 0.6) is 0 Å². The maximum Gasteiger partial charge on any atom is 0.147 e. The summed E-state index contributed by atoms with van der Waals surface area (Å²) in [4.78, 5) is 7.37. The van der Waals surface area contributed by atoms with Crippen molar-refractivity contribution in [1.82, 2.24) is 9.55 Å². The van der Waals surface area contributed by atoms with Gasteiger partial charge in [0.05, 0.1) is 11.8 Å². The number of pyridine rings is 1. The molecule has 0 radical (unpaired) electrons. The fourth-order valence-corrected chi connectivity index (χ4v) is 5.37. The van der Waals surface area contributed by atoms with Crippen LogP contribution in [0.1, 0.15) is 30.5 Å². The monoisotopic (exact) mass is 500 g/mol. The molecule has 1 aromatic carbocycles. The Balaban J connectivity index is 1.80. The Bertz CT molecular complexity index is 1070. The molecule has 1 aliphatic rings. The van der Waals surface area contributed by atoms with Crippen LogP contribution in [-0.4, -0.2) is 22.6 Å². The zero-order valence-electron chi connectivity index (χ0n) is 16.0. The lowest BCUT2D eigenvalue weighted by Gasteiger charge is -2.33. The summed E-state index contributed by atoms with van der Waals surface area (Å²) in [5.74, 6) is 0.532. The van der Waals surface area contributed by atoms with E-state index in [1.165, 1.54) is 16.6 Å². The number of hydrogen-bond donors (Lipinski definition) is 0. The number of aromatic nitrogens is 2. The van der Waals surface area contributed by atoms with E-state index in [1.807, 2.05) is 0 Å². The van der Waals surface area contributed by atoms with Gasteiger partial charge in [-0.15, -0.1) is 0 Å². The molecule has 0 N–H and O–H groups in total. The van der Waals surface area contributed by atoms with E-state index >= 15 is 0 Å². The maximum absolute atomic E-state index is 8.98. The number of nitrogens with zero attached hydrogens (tertiary/aromatic N) is 4. The van der Waals surface area contributed by atoms with Crippen molar-refractivity contribution in [1.29, 1.82) is 5.26 Å². The highest BCUT2D eigenvalue weighted by Gasteiger charge is 2.23. The third-order valence-electron chi connectivity index (χ3n) is 5.56. The smallest absolute Gasteiger partial charge is 0.147 e. The van der Waals surface area contributed by atoms with Gasteiger partial charge in [0.2, 0.25) is 0 Å². The summed E-state index contributed by atoms with van der Waals surface area (Å²) in [5, 5.41) is 10.2. The average Bonchev–Trinajstić information content (AvgIpc) is 2.98. The summed E-state index contributed by atoms with van der Waals surface area (Å²) in [6.45, 7) is 6.22. The first-order chi connectivity index (χ1) is 13.5. The van der Waals surface area contributed by atoms with E-state index in [1.54, 1.807) is 0 Å². The van der Waals surface area contributed by atoms with Crippen molar-refractivity contribution < 1.29 is 0 Å². The van der Waals surface area contributed by atoms with Crippen LogP contribution in [0.4, 0.5) is 5.69 Å². The summed E-state index contributed by atoms with van der Waals surface area (Å²) in [6, 6.07) is 10.8. The third-order valence-corrected chi connectivity index (χ3v) is 6.69. The summed E-state index contributed by atoms with van der Waals surface area (Å²) in [6.07, 6.45) is 5.01. The van der Waals surface area contributed by atoms with E-state index in [4.69, 9.17) is 10.2 Å². The highest BCUT2D eigenvalue weighted by atomic mass is 79.9.